The van der Waals surface area contributed by atoms with Gasteiger partial charge in [-0.25, -0.2) is 0 Å². The summed E-state index contributed by atoms with van der Waals surface area (Å²) >= 11 is 0. The van der Waals surface area contributed by atoms with Gasteiger partial charge in [-0.1, -0.05) is 32.9 Å². The molecule has 0 spiro atoms. The molecule has 4 rings (SSSR count). The molecule has 2 aliphatic heterocycles. The van der Waals surface area contributed by atoms with E-state index in [1.807, 2.05) is 29.2 Å². The number of amides is 2. The molecule has 0 aromatic heterocycles. The molecule has 0 bridgehead atoms. The highest BCUT2D eigenvalue weighted by atomic mass is 16.7. The van der Waals surface area contributed by atoms with Crippen LogP contribution in [0, 0.1) is 0 Å². The van der Waals surface area contributed by atoms with Crippen molar-refractivity contribution in [1.29, 1.82) is 0 Å². The number of piperazine rings is 1. The Kier molecular flexibility index (Phi) is 4.94. The molecule has 0 unspecified atom stereocenters. The summed E-state index contributed by atoms with van der Waals surface area (Å²) in [7, 11) is 0. The molecule has 1 saturated heterocycles. The number of carbonyl (C=O) groups is 2. The first kappa shape index (κ1) is 19.3. The Morgan fingerprint density at radius 1 is 0.759 bits per heavy atom. The molecule has 0 N–H and O–H groups in total. The van der Waals surface area contributed by atoms with Crippen LogP contribution >= 0.6 is 0 Å². The molecule has 2 amide bonds. The predicted molar refractivity (Wildman–Crippen MR) is 110 cm³/mol. The zero-order valence-corrected chi connectivity index (χ0v) is 17.1. The quantitative estimate of drug-likeness (QED) is 0.784. The van der Waals surface area contributed by atoms with E-state index in [9.17, 15) is 9.59 Å². The van der Waals surface area contributed by atoms with Crippen LogP contribution in [0.5, 0.6) is 11.5 Å². The van der Waals surface area contributed by atoms with Gasteiger partial charge in [-0.3, -0.25) is 9.59 Å². The van der Waals surface area contributed by atoms with Crippen molar-refractivity contribution < 1.29 is 19.1 Å². The summed E-state index contributed by atoms with van der Waals surface area (Å²) in [5, 5.41) is 0. The summed E-state index contributed by atoms with van der Waals surface area (Å²) in [6.45, 7) is 8.72. The fourth-order valence-corrected chi connectivity index (χ4v) is 3.62. The summed E-state index contributed by atoms with van der Waals surface area (Å²) in [5.74, 6) is 1.23. The van der Waals surface area contributed by atoms with Crippen LogP contribution in [0.1, 0.15) is 47.1 Å². The van der Waals surface area contributed by atoms with Crippen LogP contribution in [0.2, 0.25) is 0 Å². The van der Waals surface area contributed by atoms with Gasteiger partial charge in [0.15, 0.2) is 11.5 Å². The lowest BCUT2D eigenvalue weighted by Gasteiger charge is -2.35. The first-order valence-corrected chi connectivity index (χ1v) is 9.92. The minimum Gasteiger partial charge on any atom is -0.454 e. The minimum absolute atomic E-state index is 0.0145. The fourth-order valence-electron chi connectivity index (χ4n) is 3.62. The van der Waals surface area contributed by atoms with Gasteiger partial charge < -0.3 is 19.3 Å². The van der Waals surface area contributed by atoms with Gasteiger partial charge >= 0.3 is 0 Å². The highest BCUT2D eigenvalue weighted by Gasteiger charge is 2.27. The normalized spacial score (nSPS) is 16.1. The molecule has 1 fully saturated rings. The van der Waals surface area contributed by atoms with Crippen LogP contribution in [0.25, 0.3) is 0 Å². The second-order valence-electron chi connectivity index (χ2n) is 8.48. The molecule has 152 valence electrons. The Morgan fingerprint density at radius 2 is 1.28 bits per heavy atom. The Bertz CT molecular complexity index is 923. The van der Waals surface area contributed by atoms with Crippen molar-refractivity contribution in [1.82, 2.24) is 9.80 Å². The molecule has 6 heteroatoms. The molecule has 0 radical (unpaired) electrons. The second-order valence-corrected chi connectivity index (χ2v) is 8.48. The zero-order valence-electron chi connectivity index (χ0n) is 17.1. The van der Waals surface area contributed by atoms with E-state index in [1.54, 1.807) is 23.1 Å². The molecule has 0 atom stereocenters. The van der Waals surface area contributed by atoms with Crippen molar-refractivity contribution in [2.45, 2.75) is 26.2 Å². The number of ether oxygens (including phenoxy) is 2. The van der Waals surface area contributed by atoms with Crippen molar-refractivity contribution in [2.24, 2.45) is 0 Å². The average molecular weight is 394 g/mol. The molecule has 2 aromatic carbocycles. The fraction of sp³-hybridized carbons (Fsp3) is 0.391. The molecule has 2 aromatic rings. The number of benzene rings is 2. The monoisotopic (exact) mass is 394 g/mol. The van der Waals surface area contributed by atoms with E-state index in [0.717, 1.165) is 0 Å². The highest BCUT2D eigenvalue weighted by Crippen LogP contribution is 2.33. The van der Waals surface area contributed by atoms with Crippen LogP contribution < -0.4 is 9.47 Å². The van der Waals surface area contributed by atoms with Gasteiger partial charge in [0.1, 0.15) is 0 Å². The van der Waals surface area contributed by atoms with E-state index >= 15 is 0 Å². The molecular weight excluding hydrogens is 368 g/mol. The maximum Gasteiger partial charge on any atom is 0.254 e. The maximum absolute atomic E-state index is 12.8. The summed E-state index contributed by atoms with van der Waals surface area (Å²) in [4.78, 5) is 29.2. The van der Waals surface area contributed by atoms with E-state index in [1.165, 1.54) is 5.56 Å². The SMILES string of the molecule is CC(C)(C)c1ccc(C(=O)N2CCN(C(=O)c3ccc4c(c3)OCO4)CC2)cc1. The Labute approximate surface area is 171 Å². The van der Waals surface area contributed by atoms with Crippen molar-refractivity contribution in [3.8, 4) is 11.5 Å². The van der Waals surface area contributed by atoms with Crippen LogP contribution in [-0.4, -0.2) is 54.6 Å². The molecule has 0 saturated carbocycles. The van der Waals surface area contributed by atoms with E-state index in [0.29, 0.717) is 48.8 Å². The number of rotatable bonds is 2. The standard InChI is InChI=1S/C23H26N2O4/c1-23(2,3)18-7-4-16(5-8-18)21(26)24-10-12-25(13-11-24)22(27)17-6-9-19-20(14-17)29-15-28-19/h4-9,14H,10-13,15H2,1-3H3. The van der Waals surface area contributed by atoms with Crippen LogP contribution in [0.15, 0.2) is 42.5 Å². The van der Waals surface area contributed by atoms with Gasteiger partial charge in [-0.15, -0.1) is 0 Å². The Morgan fingerprint density at radius 3 is 1.86 bits per heavy atom. The number of hydrogen-bond donors (Lipinski definition) is 0. The highest BCUT2D eigenvalue weighted by molar-refractivity contribution is 5.96. The molecule has 0 aliphatic carbocycles. The Balaban J connectivity index is 1.37. The third-order valence-electron chi connectivity index (χ3n) is 5.47. The van der Waals surface area contributed by atoms with Crippen molar-refractivity contribution in [3.63, 3.8) is 0 Å². The lowest BCUT2D eigenvalue weighted by Crippen LogP contribution is -2.50. The minimum atomic E-state index is -0.0510. The number of nitrogens with zero attached hydrogens (tertiary/aromatic N) is 2. The summed E-state index contributed by atoms with van der Waals surface area (Å²) in [6, 6.07) is 13.1. The summed E-state index contributed by atoms with van der Waals surface area (Å²) in [5.41, 5.74) is 2.52. The van der Waals surface area contributed by atoms with Crippen molar-refractivity contribution in [3.05, 3.63) is 59.2 Å². The van der Waals surface area contributed by atoms with Gasteiger partial charge in [0, 0.05) is 37.3 Å². The van der Waals surface area contributed by atoms with E-state index < -0.39 is 0 Å². The van der Waals surface area contributed by atoms with Gasteiger partial charge in [0.2, 0.25) is 6.79 Å². The predicted octanol–water partition coefficient (Wildman–Crippen LogP) is 3.31. The molecule has 2 heterocycles. The summed E-state index contributed by atoms with van der Waals surface area (Å²) < 4.78 is 10.7. The smallest absolute Gasteiger partial charge is 0.254 e. The van der Waals surface area contributed by atoms with Crippen molar-refractivity contribution >= 4 is 11.8 Å². The topological polar surface area (TPSA) is 59.1 Å². The second kappa shape index (κ2) is 7.43. The van der Waals surface area contributed by atoms with E-state index in [-0.39, 0.29) is 24.0 Å². The zero-order chi connectivity index (χ0) is 20.6. The van der Waals surface area contributed by atoms with E-state index in [2.05, 4.69) is 20.8 Å². The first-order valence-electron chi connectivity index (χ1n) is 9.92. The van der Waals surface area contributed by atoms with Gasteiger partial charge in [0.25, 0.3) is 11.8 Å². The van der Waals surface area contributed by atoms with Gasteiger partial charge in [0.05, 0.1) is 0 Å². The van der Waals surface area contributed by atoms with Crippen molar-refractivity contribution in [2.75, 3.05) is 33.0 Å². The third kappa shape index (κ3) is 3.92. The third-order valence-corrected chi connectivity index (χ3v) is 5.47. The lowest BCUT2D eigenvalue weighted by molar-refractivity contribution is 0.0535. The first-order chi connectivity index (χ1) is 13.8. The molecular formula is C23H26N2O4. The van der Waals surface area contributed by atoms with Crippen LogP contribution in [-0.2, 0) is 5.41 Å². The largest absolute Gasteiger partial charge is 0.454 e. The van der Waals surface area contributed by atoms with Crippen LogP contribution in [0.3, 0.4) is 0 Å². The number of hydrogen-bond acceptors (Lipinski definition) is 4. The van der Waals surface area contributed by atoms with Crippen LogP contribution in [0.4, 0.5) is 0 Å². The Hall–Kier alpha value is -3.02. The number of fused-ring (bicyclic) bond motifs is 1. The molecule has 6 nitrogen and oxygen atoms in total. The maximum atomic E-state index is 12.8. The summed E-state index contributed by atoms with van der Waals surface area (Å²) in [6.07, 6.45) is 0. The molecule has 2 aliphatic rings. The van der Waals surface area contributed by atoms with E-state index in [4.69, 9.17) is 9.47 Å². The van der Waals surface area contributed by atoms with Gasteiger partial charge in [-0.05, 0) is 41.3 Å². The average Bonchev–Trinajstić information content (AvgIpc) is 3.20. The number of carbonyl (C=O) groups excluding carboxylic acids is 2. The molecule has 29 heavy (non-hydrogen) atoms. The lowest BCUT2D eigenvalue weighted by atomic mass is 9.86. The van der Waals surface area contributed by atoms with Gasteiger partial charge in [-0.2, -0.15) is 0 Å².